The number of halogens is 1. The van der Waals surface area contributed by atoms with E-state index in [0.717, 1.165) is 5.56 Å². The molecule has 1 aliphatic rings. The minimum absolute atomic E-state index is 0.0678. The zero-order valence-corrected chi connectivity index (χ0v) is 20.2. The standard InChI is InChI=1S/C25H25ClN2O5S/c1-2-32-22-13-12-19(26)16-24(22)34(30,31)28-17-23(33-21-11-7-6-10-20(21)28)25(29)27-15-14-18-8-4-3-5-9-18/h3-13,16,23H,2,14-15,17H2,1H3,(H,27,29)/t23-/m1/s1. The minimum atomic E-state index is -4.12. The molecule has 3 aromatic rings. The lowest BCUT2D eigenvalue weighted by Gasteiger charge is -2.35. The second-order valence-electron chi connectivity index (χ2n) is 7.66. The van der Waals surface area contributed by atoms with Crippen molar-refractivity contribution in [2.24, 2.45) is 0 Å². The molecule has 9 heteroatoms. The average molecular weight is 501 g/mol. The highest BCUT2D eigenvalue weighted by Crippen LogP contribution is 2.39. The summed E-state index contributed by atoms with van der Waals surface area (Å²) in [5, 5.41) is 3.12. The molecule has 0 aliphatic carbocycles. The van der Waals surface area contributed by atoms with Gasteiger partial charge in [0.1, 0.15) is 16.4 Å². The number of rotatable bonds is 8. The third-order valence-corrected chi connectivity index (χ3v) is 7.39. The molecule has 0 radical (unpaired) electrons. The maximum absolute atomic E-state index is 13.8. The number of sulfonamides is 1. The summed E-state index contributed by atoms with van der Waals surface area (Å²) < 4.78 is 40.1. The first-order chi connectivity index (χ1) is 16.4. The summed E-state index contributed by atoms with van der Waals surface area (Å²) in [7, 11) is -4.12. The van der Waals surface area contributed by atoms with Crippen LogP contribution in [0.5, 0.6) is 11.5 Å². The van der Waals surface area contributed by atoms with Crippen LogP contribution in [0, 0.1) is 0 Å². The molecule has 178 valence electrons. The lowest BCUT2D eigenvalue weighted by atomic mass is 10.1. The molecule has 1 aliphatic heterocycles. The van der Waals surface area contributed by atoms with E-state index in [0.29, 0.717) is 24.4 Å². The van der Waals surface area contributed by atoms with Gasteiger partial charge >= 0.3 is 0 Å². The van der Waals surface area contributed by atoms with Crippen molar-refractivity contribution in [2.45, 2.75) is 24.3 Å². The number of fused-ring (bicyclic) bond motifs is 1. The molecule has 4 rings (SSSR count). The van der Waals surface area contributed by atoms with Gasteiger partial charge in [-0.1, -0.05) is 54.1 Å². The van der Waals surface area contributed by atoms with Crippen molar-refractivity contribution in [1.29, 1.82) is 0 Å². The number of nitrogens with one attached hydrogen (secondary N) is 1. The van der Waals surface area contributed by atoms with E-state index < -0.39 is 16.1 Å². The molecule has 0 fully saturated rings. The quantitative estimate of drug-likeness (QED) is 0.504. The number of para-hydroxylation sites is 2. The fraction of sp³-hybridized carbons (Fsp3) is 0.240. The number of ether oxygens (including phenoxy) is 2. The van der Waals surface area contributed by atoms with Crippen molar-refractivity contribution in [3.8, 4) is 11.5 Å². The number of amides is 1. The number of hydrogen-bond acceptors (Lipinski definition) is 5. The molecule has 3 aromatic carbocycles. The van der Waals surface area contributed by atoms with Gasteiger partial charge in [0.05, 0.1) is 18.8 Å². The molecular weight excluding hydrogens is 476 g/mol. The Hall–Kier alpha value is -3.23. The number of nitrogens with zero attached hydrogens (tertiary/aromatic N) is 1. The van der Waals surface area contributed by atoms with Gasteiger partial charge in [0, 0.05) is 11.6 Å². The van der Waals surface area contributed by atoms with E-state index in [9.17, 15) is 13.2 Å². The van der Waals surface area contributed by atoms with Crippen LogP contribution in [-0.2, 0) is 21.2 Å². The molecule has 1 heterocycles. The summed E-state index contributed by atoms with van der Waals surface area (Å²) in [6.07, 6.45) is -0.367. The fourth-order valence-electron chi connectivity index (χ4n) is 3.73. The summed E-state index contributed by atoms with van der Waals surface area (Å²) in [5.41, 5.74) is 1.43. The van der Waals surface area contributed by atoms with Gasteiger partial charge in [-0.05, 0) is 49.2 Å². The SMILES string of the molecule is CCOc1ccc(Cl)cc1S(=O)(=O)N1C[C@H](C(=O)NCCc2ccccc2)Oc2ccccc21. The van der Waals surface area contributed by atoms with Crippen molar-refractivity contribution in [3.05, 3.63) is 83.4 Å². The lowest BCUT2D eigenvalue weighted by molar-refractivity contribution is -0.127. The van der Waals surface area contributed by atoms with Gasteiger partial charge in [-0.3, -0.25) is 9.10 Å². The van der Waals surface area contributed by atoms with Gasteiger partial charge in [0.15, 0.2) is 6.10 Å². The zero-order chi connectivity index (χ0) is 24.1. The fourth-order valence-corrected chi connectivity index (χ4v) is 5.60. The zero-order valence-electron chi connectivity index (χ0n) is 18.6. The monoisotopic (exact) mass is 500 g/mol. The molecule has 0 aromatic heterocycles. The largest absolute Gasteiger partial charge is 0.492 e. The third kappa shape index (κ3) is 5.13. The average Bonchev–Trinajstić information content (AvgIpc) is 2.85. The maximum atomic E-state index is 13.8. The number of carbonyl (C=O) groups excluding carboxylic acids is 1. The van der Waals surface area contributed by atoms with Crippen LogP contribution in [0.25, 0.3) is 0 Å². The van der Waals surface area contributed by atoms with Gasteiger partial charge in [0.2, 0.25) is 0 Å². The van der Waals surface area contributed by atoms with Crippen molar-refractivity contribution in [1.82, 2.24) is 5.32 Å². The first kappa shape index (κ1) is 23.9. The van der Waals surface area contributed by atoms with E-state index in [-0.39, 0.29) is 34.7 Å². The maximum Gasteiger partial charge on any atom is 0.268 e. The van der Waals surface area contributed by atoms with Crippen LogP contribution in [0.3, 0.4) is 0 Å². The van der Waals surface area contributed by atoms with Crippen LogP contribution in [0.1, 0.15) is 12.5 Å². The Morgan fingerprint density at radius 3 is 2.62 bits per heavy atom. The second kappa shape index (κ2) is 10.4. The molecule has 0 spiro atoms. The smallest absolute Gasteiger partial charge is 0.268 e. The molecule has 1 atom stereocenters. The van der Waals surface area contributed by atoms with Crippen LogP contribution in [-0.4, -0.2) is 40.1 Å². The topological polar surface area (TPSA) is 84.9 Å². The molecular formula is C25H25ClN2O5S. The Bertz CT molecular complexity index is 1270. The molecule has 7 nitrogen and oxygen atoms in total. The second-order valence-corrected chi connectivity index (χ2v) is 9.93. The number of hydrogen-bond donors (Lipinski definition) is 1. The first-order valence-electron chi connectivity index (χ1n) is 10.9. The predicted molar refractivity (Wildman–Crippen MR) is 131 cm³/mol. The highest BCUT2D eigenvalue weighted by Gasteiger charge is 2.38. The van der Waals surface area contributed by atoms with Crippen LogP contribution in [0.4, 0.5) is 5.69 Å². The minimum Gasteiger partial charge on any atom is -0.492 e. The normalized spacial score (nSPS) is 15.2. The summed E-state index contributed by atoms with van der Waals surface area (Å²) in [4.78, 5) is 12.9. The molecule has 34 heavy (non-hydrogen) atoms. The van der Waals surface area contributed by atoms with Crippen LogP contribution >= 0.6 is 11.6 Å². The number of carbonyl (C=O) groups is 1. The molecule has 0 saturated heterocycles. The van der Waals surface area contributed by atoms with E-state index >= 15 is 0 Å². The summed E-state index contributed by atoms with van der Waals surface area (Å²) in [6.45, 7) is 2.27. The van der Waals surface area contributed by atoms with Gasteiger partial charge in [-0.2, -0.15) is 0 Å². The molecule has 1 N–H and O–H groups in total. The molecule has 0 saturated carbocycles. The summed E-state index contributed by atoms with van der Waals surface area (Å²) >= 11 is 6.12. The molecule has 0 unspecified atom stereocenters. The van der Waals surface area contributed by atoms with Crippen LogP contribution in [0.2, 0.25) is 5.02 Å². The summed E-state index contributed by atoms with van der Waals surface area (Å²) in [6, 6.07) is 20.9. The first-order valence-corrected chi connectivity index (χ1v) is 12.7. The van der Waals surface area contributed by atoms with Crippen LogP contribution < -0.4 is 19.1 Å². The van der Waals surface area contributed by atoms with E-state index in [2.05, 4.69) is 5.32 Å². The van der Waals surface area contributed by atoms with Crippen molar-refractivity contribution >= 4 is 33.2 Å². The van der Waals surface area contributed by atoms with Crippen molar-refractivity contribution in [3.63, 3.8) is 0 Å². The van der Waals surface area contributed by atoms with Crippen LogP contribution in [0.15, 0.2) is 77.7 Å². The van der Waals surface area contributed by atoms with Gasteiger partial charge in [-0.15, -0.1) is 0 Å². The molecule has 0 bridgehead atoms. The van der Waals surface area contributed by atoms with E-state index in [1.807, 2.05) is 30.3 Å². The van der Waals surface area contributed by atoms with E-state index in [4.69, 9.17) is 21.1 Å². The van der Waals surface area contributed by atoms with Crippen molar-refractivity contribution < 1.29 is 22.7 Å². The lowest BCUT2D eigenvalue weighted by Crippen LogP contribution is -2.51. The van der Waals surface area contributed by atoms with E-state index in [1.54, 1.807) is 37.3 Å². The highest BCUT2D eigenvalue weighted by molar-refractivity contribution is 7.93. The third-order valence-electron chi connectivity index (χ3n) is 5.36. The number of anilines is 1. The van der Waals surface area contributed by atoms with Gasteiger partial charge < -0.3 is 14.8 Å². The van der Waals surface area contributed by atoms with E-state index in [1.165, 1.54) is 16.4 Å². The Kier molecular flexibility index (Phi) is 7.29. The Morgan fingerprint density at radius 2 is 1.85 bits per heavy atom. The Balaban J connectivity index is 1.60. The Labute approximate surface area is 204 Å². The predicted octanol–water partition coefficient (Wildman–Crippen LogP) is 4.05. The van der Waals surface area contributed by atoms with Crippen molar-refractivity contribution in [2.75, 3.05) is 24.0 Å². The molecule has 1 amide bonds. The number of benzene rings is 3. The van der Waals surface area contributed by atoms with Gasteiger partial charge in [0.25, 0.3) is 15.9 Å². The summed E-state index contributed by atoms with van der Waals surface area (Å²) in [5.74, 6) is 0.113. The highest BCUT2D eigenvalue weighted by atomic mass is 35.5. The van der Waals surface area contributed by atoms with Gasteiger partial charge in [-0.25, -0.2) is 8.42 Å². The Morgan fingerprint density at radius 1 is 1.12 bits per heavy atom.